The van der Waals surface area contributed by atoms with E-state index in [0.29, 0.717) is 19.3 Å². The minimum absolute atomic E-state index is 0.0656. The summed E-state index contributed by atoms with van der Waals surface area (Å²) in [6.45, 7) is 13.6. The molecule has 0 rings (SSSR count). The van der Waals surface area contributed by atoms with Gasteiger partial charge in [0.15, 0.2) is 6.10 Å². The van der Waals surface area contributed by atoms with Gasteiger partial charge in [-0.25, -0.2) is 0 Å². The lowest BCUT2D eigenvalue weighted by Gasteiger charge is -2.18. The molecule has 0 aromatic carbocycles. The Balaban J connectivity index is 4.29. The Morgan fingerprint density at radius 1 is 0.298 bits per heavy atom. The Morgan fingerprint density at radius 3 is 0.754 bits per heavy atom. The molecule has 0 aliphatic heterocycles. The van der Waals surface area contributed by atoms with Crippen LogP contribution in [0.25, 0.3) is 0 Å². The second kappa shape index (κ2) is 42.5. The highest BCUT2D eigenvalue weighted by molar-refractivity contribution is 5.71. The second-order valence-electron chi connectivity index (χ2n) is 18.9. The average Bonchev–Trinajstić information content (AvgIpc) is 3.16. The fraction of sp³-hybridized carbons (Fsp3) is 0.941. The molecule has 0 N–H and O–H groups in total. The Morgan fingerprint density at radius 2 is 0.509 bits per heavy atom. The van der Waals surface area contributed by atoms with E-state index in [4.69, 9.17) is 14.2 Å². The van der Waals surface area contributed by atoms with Crippen molar-refractivity contribution < 1.29 is 28.6 Å². The number of hydrogen-bond acceptors (Lipinski definition) is 6. The summed E-state index contributed by atoms with van der Waals surface area (Å²) in [4.78, 5) is 37.8. The molecule has 0 saturated heterocycles. The third-order valence-corrected chi connectivity index (χ3v) is 11.4. The van der Waals surface area contributed by atoms with Crippen LogP contribution in [0.2, 0.25) is 0 Å². The van der Waals surface area contributed by atoms with E-state index in [-0.39, 0.29) is 31.1 Å². The summed E-state index contributed by atoms with van der Waals surface area (Å²) in [5.74, 6) is 1.57. The normalized spacial score (nSPS) is 12.2. The summed E-state index contributed by atoms with van der Waals surface area (Å²) in [6, 6.07) is 0. The molecule has 6 nitrogen and oxygen atoms in total. The lowest BCUT2D eigenvalue weighted by molar-refractivity contribution is -0.167. The average molecular weight is 807 g/mol. The minimum atomic E-state index is -0.762. The molecule has 0 aliphatic rings. The van der Waals surface area contributed by atoms with Crippen molar-refractivity contribution in [3.63, 3.8) is 0 Å². The van der Waals surface area contributed by atoms with Gasteiger partial charge < -0.3 is 14.2 Å². The van der Waals surface area contributed by atoms with Crippen molar-refractivity contribution in [2.75, 3.05) is 13.2 Å². The van der Waals surface area contributed by atoms with E-state index in [0.717, 1.165) is 75.5 Å². The second-order valence-corrected chi connectivity index (χ2v) is 18.9. The van der Waals surface area contributed by atoms with Crippen LogP contribution in [-0.2, 0) is 28.6 Å². The van der Waals surface area contributed by atoms with Crippen LogP contribution in [0.5, 0.6) is 0 Å². The van der Waals surface area contributed by atoms with Gasteiger partial charge in [0.25, 0.3) is 0 Å². The molecule has 0 fully saturated rings. The van der Waals surface area contributed by atoms with Gasteiger partial charge in [-0.2, -0.15) is 0 Å². The van der Waals surface area contributed by atoms with E-state index in [1.165, 1.54) is 154 Å². The molecule has 1 atom stereocenters. The Labute approximate surface area is 355 Å². The van der Waals surface area contributed by atoms with Crippen LogP contribution in [0.1, 0.15) is 273 Å². The highest BCUT2D eigenvalue weighted by Crippen LogP contribution is 2.17. The number of carbonyl (C=O) groups excluding carboxylic acids is 3. The number of hydrogen-bond donors (Lipinski definition) is 0. The molecule has 0 aliphatic carbocycles. The highest BCUT2D eigenvalue weighted by Gasteiger charge is 2.19. The Kier molecular flexibility index (Phi) is 41.3. The highest BCUT2D eigenvalue weighted by atomic mass is 16.6. The van der Waals surface area contributed by atoms with Crippen LogP contribution in [0.4, 0.5) is 0 Å². The molecule has 0 spiro atoms. The fourth-order valence-corrected chi connectivity index (χ4v) is 7.59. The van der Waals surface area contributed by atoms with Crippen LogP contribution in [0.15, 0.2) is 0 Å². The first-order valence-corrected chi connectivity index (χ1v) is 25.1. The first kappa shape index (κ1) is 55.4. The van der Waals surface area contributed by atoms with Crippen LogP contribution in [0, 0.1) is 17.8 Å². The molecule has 57 heavy (non-hydrogen) atoms. The van der Waals surface area contributed by atoms with Gasteiger partial charge in [-0.15, -0.1) is 0 Å². The largest absolute Gasteiger partial charge is 0.462 e. The molecule has 0 heterocycles. The van der Waals surface area contributed by atoms with E-state index in [2.05, 4.69) is 41.5 Å². The lowest BCUT2D eigenvalue weighted by Crippen LogP contribution is -2.30. The smallest absolute Gasteiger partial charge is 0.306 e. The molecular weight excluding hydrogens is 709 g/mol. The summed E-state index contributed by atoms with van der Waals surface area (Å²) >= 11 is 0. The number of unbranched alkanes of at least 4 members (excludes halogenated alkanes) is 27. The zero-order valence-corrected chi connectivity index (χ0v) is 39.1. The monoisotopic (exact) mass is 807 g/mol. The zero-order valence-electron chi connectivity index (χ0n) is 39.1. The van der Waals surface area contributed by atoms with Crippen molar-refractivity contribution in [3.8, 4) is 0 Å². The molecule has 0 unspecified atom stereocenters. The number of carbonyl (C=O) groups is 3. The van der Waals surface area contributed by atoms with E-state index < -0.39 is 6.10 Å². The minimum Gasteiger partial charge on any atom is -0.462 e. The first-order valence-electron chi connectivity index (χ1n) is 25.1. The summed E-state index contributed by atoms with van der Waals surface area (Å²) < 4.78 is 16.8. The van der Waals surface area contributed by atoms with E-state index >= 15 is 0 Å². The molecule has 338 valence electrons. The molecule has 6 heteroatoms. The van der Waals surface area contributed by atoms with Crippen molar-refractivity contribution in [2.45, 2.75) is 279 Å². The lowest BCUT2D eigenvalue weighted by atomic mass is 10.0. The summed E-state index contributed by atoms with van der Waals surface area (Å²) in [7, 11) is 0. The van der Waals surface area contributed by atoms with E-state index in [1.807, 2.05) is 0 Å². The van der Waals surface area contributed by atoms with Crippen LogP contribution in [-0.4, -0.2) is 37.2 Å². The van der Waals surface area contributed by atoms with Crippen molar-refractivity contribution >= 4 is 17.9 Å². The maximum absolute atomic E-state index is 12.8. The van der Waals surface area contributed by atoms with Gasteiger partial charge in [0.05, 0.1) is 0 Å². The molecule has 0 aromatic heterocycles. The predicted octanol–water partition coefficient (Wildman–Crippen LogP) is 16.0. The number of ether oxygens (including phenoxy) is 3. The van der Waals surface area contributed by atoms with Crippen LogP contribution in [0.3, 0.4) is 0 Å². The van der Waals surface area contributed by atoms with Crippen molar-refractivity contribution in [2.24, 2.45) is 17.8 Å². The summed E-state index contributed by atoms with van der Waals surface area (Å²) in [5, 5.41) is 0. The van der Waals surface area contributed by atoms with E-state index in [9.17, 15) is 14.4 Å². The van der Waals surface area contributed by atoms with Crippen LogP contribution < -0.4 is 0 Å². The zero-order chi connectivity index (χ0) is 42.0. The quantitative estimate of drug-likeness (QED) is 0.0347. The van der Waals surface area contributed by atoms with Crippen molar-refractivity contribution in [1.29, 1.82) is 0 Å². The third-order valence-electron chi connectivity index (χ3n) is 11.4. The van der Waals surface area contributed by atoms with Gasteiger partial charge in [0, 0.05) is 19.3 Å². The predicted molar refractivity (Wildman–Crippen MR) is 243 cm³/mol. The molecular formula is C51H98O6. The summed E-state index contributed by atoms with van der Waals surface area (Å²) in [6.07, 6.45) is 41.0. The first-order chi connectivity index (χ1) is 27.6. The third kappa shape index (κ3) is 45.3. The molecule has 0 bridgehead atoms. The van der Waals surface area contributed by atoms with Gasteiger partial charge in [-0.1, -0.05) is 234 Å². The number of esters is 3. The Bertz CT molecular complexity index is 883. The summed E-state index contributed by atoms with van der Waals surface area (Å²) in [5.41, 5.74) is 0. The molecule has 0 amide bonds. The van der Waals surface area contributed by atoms with E-state index in [1.54, 1.807) is 0 Å². The fourth-order valence-electron chi connectivity index (χ4n) is 7.59. The van der Waals surface area contributed by atoms with Crippen molar-refractivity contribution in [3.05, 3.63) is 0 Å². The number of rotatable bonds is 44. The maximum Gasteiger partial charge on any atom is 0.306 e. The van der Waals surface area contributed by atoms with Crippen LogP contribution >= 0.6 is 0 Å². The molecule has 0 radical (unpaired) electrons. The van der Waals surface area contributed by atoms with Gasteiger partial charge in [0.2, 0.25) is 0 Å². The SMILES string of the molecule is CC(C)CCCCCCCCCCCCCCCC(=O)O[C@H](COC(=O)CCCCCCCCCCCCCC(C)C)COC(=O)CCCCCCCCC(C)C. The van der Waals surface area contributed by atoms with Gasteiger partial charge in [-0.3, -0.25) is 14.4 Å². The van der Waals surface area contributed by atoms with Crippen molar-refractivity contribution in [1.82, 2.24) is 0 Å². The standard InChI is InChI=1S/C51H98O6/c1-45(2)37-31-25-19-15-11-8-7-9-13-18-22-30-36-42-51(54)57-48(44-56-50(53)41-35-29-24-23-27-33-39-47(5)6)43-55-49(52)40-34-28-21-17-14-10-12-16-20-26-32-38-46(3)4/h45-48H,7-44H2,1-6H3/t48-/m1/s1. The molecule has 0 aromatic rings. The Hall–Kier alpha value is -1.59. The topological polar surface area (TPSA) is 78.9 Å². The van der Waals surface area contributed by atoms with Gasteiger partial charge in [-0.05, 0) is 37.0 Å². The maximum atomic E-state index is 12.8. The molecule has 0 saturated carbocycles. The van der Waals surface area contributed by atoms with Gasteiger partial charge in [0.1, 0.15) is 13.2 Å². The van der Waals surface area contributed by atoms with Gasteiger partial charge >= 0.3 is 17.9 Å².